The van der Waals surface area contributed by atoms with Crippen molar-refractivity contribution in [3.63, 3.8) is 0 Å². The fraction of sp³-hybridized carbons (Fsp3) is 0.636. The number of nitrogens with zero attached hydrogens (tertiary/aromatic N) is 1. The quantitative estimate of drug-likeness (QED) is 0.779. The molecule has 6 heteroatoms. The SMILES string of the molecule is Cn1ccc(CNCC(C)(C)NS(C)(=O)=O)c1. The van der Waals surface area contributed by atoms with Gasteiger partial charge in [0.05, 0.1) is 6.26 Å². The second-order valence-electron chi connectivity index (χ2n) is 5.05. The summed E-state index contributed by atoms with van der Waals surface area (Å²) in [5, 5.41) is 3.24. The molecule has 1 heterocycles. The van der Waals surface area contributed by atoms with Crippen molar-refractivity contribution in [3.8, 4) is 0 Å². The van der Waals surface area contributed by atoms with Gasteiger partial charge in [-0.2, -0.15) is 0 Å². The molecule has 0 fully saturated rings. The molecule has 1 aromatic heterocycles. The van der Waals surface area contributed by atoms with Crippen molar-refractivity contribution in [1.82, 2.24) is 14.6 Å². The Balaban J connectivity index is 2.40. The number of nitrogens with one attached hydrogen (secondary N) is 2. The highest BCUT2D eigenvalue weighted by Crippen LogP contribution is 2.04. The van der Waals surface area contributed by atoms with Crippen LogP contribution >= 0.6 is 0 Å². The van der Waals surface area contributed by atoms with Gasteiger partial charge in [-0.25, -0.2) is 13.1 Å². The predicted octanol–water partition coefficient (Wildman–Crippen LogP) is 0.442. The fourth-order valence-corrected chi connectivity index (χ4v) is 2.80. The first-order chi connectivity index (χ1) is 7.68. The molecule has 0 saturated heterocycles. The van der Waals surface area contributed by atoms with Crippen molar-refractivity contribution in [1.29, 1.82) is 0 Å². The zero-order chi connectivity index (χ0) is 13.1. The van der Waals surface area contributed by atoms with Gasteiger partial charge in [0.1, 0.15) is 0 Å². The summed E-state index contributed by atoms with van der Waals surface area (Å²) >= 11 is 0. The topological polar surface area (TPSA) is 63.1 Å². The van der Waals surface area contributed by atoms with E-state index in [2.05, 4.69) is 10.0 Å². The van der Waals surface area contributed by atoms with E-state index < -0.39 is 15.6 Å². The second-order valence-corrected chi connectivity index (χ2v) is 6.80. The third kappa shape index (κ3) is 5.86. The van der Waals surface area contributed by atoms with Crippen LogP contribution in [0.4, 0.5) is 0 Å². The summed E-state index contributed by atoms with van der Waals surface area (Å²) in [7, 11) is -1.20. The summed E-state index contributed by atoms with van der Waals surface area (Å²) in [6, 6.07) is 2.03. The largest absolute Gasteiger partial charge is 0.357 e. The van der Waals surface area contributed by atoms with Crippen LogP contribution < -0.4 is 10.0 Å². The van der Waals surface area contributed by atoms with E-state index in [1.165, 1.54) is 11.8 Å². The maximum Gasteiger partial charge on any atom is 0.209 e. The lowest BCUT2D eigenvalue weighted by molar-refractivity contribution is 0.421. The molecule has 17 heavy (non-hydrogen) atoms. The maximum absolute atomic E-state index is 11.1. The maximum atomic E-state index is 11.1. The van der Waals surface area contributed by atoms with Crippen LogP contribution in [0.15, 0.2) is 18.5 Å². The third-order valence-electron chi connectivity index (χ3n) is 2.25. The summed E-state index contributed by atoms with van der Waals surface area (Å²) in [4.78, 5) is 0. The molecule has 0 spiro atoms. The molecule has 0 saturated carbocycles. The minimum Gasteiger partial charge on any atom is -0.357 e. The van der Waals surface area contributed by atoms with Crippen molar-refractivity contribution in [2.45, 2.75) is 25.9 Å². The summed E-state index contributed by atoms with van der Waals surface area (Å²) in [5.41, 5.74) is 0.699. The number of aromatic nitrogens is 1. The van der Waals surface area contributed by atoms with Gasteiger partial charge in [0.2, 0.25) is 10.0 Å². The average Bonchev–Trinajstić information content (AvgIpc) is 2.46. The van der Waals surface area contributed by atoms with Crippen LogP contribution in [0.3, 0.4) is 0 Å². The molecule has 98 valence electrons. The van der Waals surface area contributed by atoms with Gasteiger partial charge < -0.3 is 9.88 Å². The highest BCUT2D eigenvalue weighted by atomic mass is 32.2. The molecule has 5 nitrogen and oxygen atoms in total. The normalized spacial score (nSPS) is 12.9. The molecule has 0 radical (unpaired) electrons. The first-order valence-electron chi connectivity index (χ1n) is 5.48. The summed E-state index contributed by atoms with van der Waals surface area (Å²) in [5.74, 6) is 0. The molecular formula is C11H21N3O2S. The van der Waals surface area contributed by atoms with Crippen LogP contribution in [0.25, 0.3) is 0 Å². The van der Waals surface area contributed by atoms with E-state index in [0.29, 0.717) is 6.54 Å². The van der Waals surface area contributed by atoms with Crippen molar-refractivity contribution >= 4 is 10.0 Å². The van der Waals surface area contributed by atoms with Gasteiger partial charge in [-0.15, -0.1) is 0 Å². The Bertz CT molecular complexity index is 463. The van der Waals surface area contributed by atoms with Gasteiger partial charge in [0.25, 0.3) is 0 Å². The zero-order valence-electron chi connectivity index (χ0n) is 10.8. The number of sulfonamides is 1. The number of aryl methyl sites for hydroxylation is 1. The minimum atomic E-state index is -3.17. The number of rotatable bonds is 6. The third-order valence-corrected chi connectivity index (χ3v) is 3.17. The van der Waals surface area contributed by atoms with E-state index in [4.69, 9.17) is 0 Å². The summed E-state index contributed by atoms with van der Waals surface area (Å²) < 4.78 is 26.9. The van der Waals surface area contributed by atoms with Crippen molar-refractivity contribution in [3.05, 3.63) is 24.0 Å². The Labute approximate surface area is 103 Å². The molecule has 0 atom stereocenters. The number of hydrogen-bond acceptors (Lipinski definition) is 3. The monoisotopic (exact) mass is 259 g/mol. The Morgan fingerprint density at radius 2 is 2.06 bits per heavy atom. The Morgan fingerprint density at radius 3 is 2.53 bits per heavy atom. The smallest absolute Gasteiger partial charge is 0.209 e. The summed E-state index contributed by atoms with van der Waals surface area (Å²) in [6.07, 6.45) is 5.19. The molecule has 1 rings (SSSR count). The highest BCUT2D eigenvalue weighted by molar-refractivity contribution is 7.88. The predicted molar refractivity (Wildman–Crippen MR) is 69.2 cm³/mol. The molecule has 0 aliphatic rings. The number of hydrogen-bond donors (Lipinski definition) is 2. The first-order valence-corrected chi connectivity index (χ1v) is 7.38. The van der Waals surface area contributed by atoms with Crippen molar-refractivity contribution < 1.29 is 8.42 Å². The van der Waals surface area contributed by atoms with Crippen LogP contribution in [-0.2, 0) is 23.6 Å². The zero-order valence-corrected chi connectivity index (χ0v) is 11.6. The van der Waals surface area contributed by atoms with Crippen LogP contribution in [0.5, 0.6) is 0 Å². The Morgan fingerprint density at radius 1 is 1.41 bits per heavy atom. The van der Waals surface area contributed by atoms with Crippen LogP contribution in [0.2, 0.25) is 0 Å². The van der Waals surface area contributed by atoms with E-state index >= 15 is 0 Å². The first kappa shape index (κ1) is 14.2. The Kier molecular flexibility index (Phi) is 4.35. The molecule has 0 bridgehead atoms. The molecule has 2 N–H and O–H groups in total. The molecule has 0 amide bonds. The standard InChI is InChI=1S/C11H21N3O2S/c1-11(2,13-17(4,15)16)9-12-7-10-5-6-14(3)8-10/h5-6,8,12-13H,7,9H2,1-4H3. The Hall–Kier alpha value is -0.850. The van der Waals surface area contributed by atoms with Crippen molar-refractivity contribution in [2.24, 2.45) is 7.05 Å². The van der Waals surface area contributed by atoms with Gasteiger partial charge in [-0.05, 0) is 25.5 Å². The molecule has 0 unspecified atom stereocenters. The summed E-state index contributed by atoms with van der Waals surface area (Å²) in [6.45, 7) is 5.02. The molecule has 0 aliphatic carbocycles. The van der Waals surface area contributed by atoms with E-state index in [0.717, 1.165) is 6.54 Å². The van der Waals surface area contributed by atoms with Crippen LogP contribution in [0.1, 0.15) is 19.4 Å². The minimum absolute atomic E-state index is 0.484. The van der Waals surface area contributed by atoms with Gasteiger partial charge in [0.15, 0.2) is 0 Å². The van der Waals surface area contributed by atoms with Crippen LogP contribution in [0, 0.1) is 0 Å². The molecular weight excluding hydrogens is 238 g/mol. The molecule has 0 aliphatic heterocycles. The van der Waals surface area contributed by atoms with E-state index in [1.807, 2.05) is 43.9 Å². The fourth-order valence-electron chi connectivity index (χ4n) is 1.72. The molecule has 1 aromatic rings. The van der Waals surface area contributed by atoms with Gasteiger partial charge in [0, 0.05) is 38.1 Å². The van der Waals surface area contributed by atoms with Gasteiger partial charge in [-0.3, -0.25) is 0 Å². The lowest BCUT2D eigenvalue weighted by Crippen LogP contribution is -2.49. The molecule has 0 aromatic carbocycles. The second kappa shape index (κ2) is 5.20. The lowest BCUT2D eigenvalue weighted by atomic mass is 10.1. The van der Waals surface area contributed by atoms with Gasteiger partial charge >= 0.3 is 0 Å². The van der Waals surface area contributed by atoms with E-state index in [-0.39, 0.29) is 0 Å². The van der Waals surface area contributed by atoms with Crippen molar-refractivity contribution in [2.75, 3.05) is 12.8 Å². The average molecular weight is 259 g/mol. The highest BCUT2D eigenvalue weighted by Gasteiger charge is 2.21. The van der Waals surface area contributed by atoms with E-state index in [9.17, 15) is 8.42 Å². The lowest BCUT2D eigenvalue weighted by Gasteiger charge is -2.25. The van der Waals surface area contributed by atoms with Crippen LogP contribution in [-0.4, -0.2) is 31.3 Å². The van der Waals surface area contributed by atoms with Gasteiger partial charge in [-0.1, -0.05) is 0 Å². The van der Waals surface area contributed by atoms with E-state index in [1.54, 1.807) is 0 Å².